The number of hydrogen-bond acceptors (Lipinski definition) is 4. The van der Waals surface area contributed by atoms with Gasteiger partial charge in [0.15, 0.2) is 5.96 Å². The summed E-state index contributed by atoms with van der Waals surface area (Å²) in [4.78, 5) is 21.2. The highest BCUT2D eigenvalue weighted by Gasteiger charge is 2.03. The van der Waals surface area contributed by atoms with Crippen LogP contribution < -0.4 is 16.0 Å². The van der Waals surface area contributed by atoms with Crippen molar-refractivity contribution in [1.29, 1.82) is 0 Å². The molecule has 1 aromatic rings. The number of aromatic nitrogens is 1. The van der Waals surface area contributed by atoms with Gasteiger partial charge in [-0.25, -0.2) is 9.98 Å². The minimum Gasteiger partial charge on any atom is -0.357 e. The lowest BCUT2D eigenvalue weighted by Gasteiger charge is -2.09. The number of hydrogen-bond donors (Lipinski definition) is 3. The number of nitrogens with zero attached hydrogens (tertiary/aromatic N) is 2. The first-order valence-electron chi connectivity index (χ1n) is 6.92. The summed E-state index contributed by atoms with van der Waals surface area (Å²) in [6, 6.07) is 0. The van der Waals surface area contributed by atoms with Crippen LogP contribution in [0.15, 0.2) is 11.2 Å². The lowest BCUT2D eigenvalue weighted by atomic mass is 10.4. The van der Waals surface area contributed by atoms with Crippen molar-refractivity contribution in [3.63, 3.8) is 0 Å². The van der Waals surface area contributed by atoms with Crippen LogP contribution in [0.5, 0.6) is 0 Å². The zero-order valence-electron chi connectivity index (χ0n) is 12.7. The van der Waals surface area contributed by atoms with Crippen molar-refractivity contribution in [1.82, 2.24) is 20.9 Å². The first kappa shape index (κ1) is 20.1. The lowest BCUT2D eigenvalue weighted by molar-refractivity contribution is -0.119. The van der Waals surface area contributed by atoms with E-state index in [2.05, 4.69) is 32.9 Å². The molecule has 0 saturated carbocycles. The molecule has 6 nitrogen and oxygen atoms in total. The second kappa shape index (κ2) is 11.7. The fourth-order valence-corrected chi connectivity index (χ4v) is 2.30. The van der Waals surface area contributed by atoms with Crippen molar-refractivity contribution in [3.8, 4) is 0 Å². The van der Waals surface area contributed by atoms with Crippen molar-refractivity contribution >= 4 is 47.2 Å². The maximum Gasteiger partial charge on any atom is 0.241 e. The summed E-state index contributed by atoms with van der Waals surface area (Å²) in [5.41, 5.74) is 0. The molecular formula is C13H24IN5OS. The lowest BCUT2D eigenvalue weighted by Crippen LogP contribution is -2.38. The Hall–Kier alpha value is -0.900. The number of likely N-dealkylation sites (N-methyl/N-ethyl adjacent to an activating group) is 1. The summed E-state index contributed by atoms with van der Waals surface area (Å²) in [5, 5.41) is 10.0. The minimum absolute atomic E-state index is 0. The SMILES string of the molecule is CCNC(=O)CN=C(NCC)NCc1ncc(CC)s1.I. The number of halogens is 1. The number of carbonyl (C=O) groups excluding carboxylic acids is 1. The molecule has 8 heteroatoms. The largest absolute Gasteiger partial charge is 0.357 e. The van der Waals surface area contributed by atoms with E-state index in [1.807, 2.05) is 20.0 Å². The van der Waals surface area contributed by atoms with Crippen molar-refractivity contribution in [2.45, 2.75) is 33.7 Å². The first-order valence-corrected chi connectivity index (χ1v) is 7.73. The third kappa shape index (κ3) is 8.20. The molecular weight excluding hydrogens is 401 g/mol. The van der Waals surface area contributed by atoms with Gasteiger partial charge in [0.1, 0.15) is 11.6 Å². The number of carbonyl (C=O) groups is 1. The predicted molar refractivity (Wildman–Crippen MR) is 98.4 cm³/mol. The van der Waals surface area contributed by atoms with E-state index in [9.17, 15) is 4.79 Å². The van der Waals surface area contributed by atoms with Crippen LogP contribution in [0.2, 0.25) is 0 Å². The quantitative estimate of drug-likeness (QED) is 0.352. The smallest absolute Gasteiger partial charge is 0.241 e. The Morgan fingerprint density at radius 3 is 2.52 bits per heavy atom. The summed E-state index contributed by atoms with van der Waals surface area (Å²) in [6.07, 6.45) is 2.91. The fourth-order valence-electron chi connectivity index (χ4n) is 1.50. The van der Waals surface area contributed by atoms with E-state index in [1.54, 1.807) is 11.3 Å². The zero-order valence-corrected chi connectivity index (χ0v) is 15.9. The van der Waals surface area contributed by atoms with Crippen molar-refractivity contribution in [2.75, 3.05) is 19.6 Å². The van der Waals surface area contributed by atoms with Gasteiger partial charge in [-0.05, 0) is 20.3 Å². The van der Waals surface area contributed by atoms with Gasteiger partial charge >= 0.3 is 0 Å². The highest BCUT2D eigenvalue weighted by molar-refractivity contribution is 14.0. The molecule has 3 N–H and O–H groups in total. The standard InChI is InChI=1S/C13H23N5OS.HI/c1-4-10-7-16-12(20-10)9-18-13(15-6-3)17-8-11(19)14-5-2;/h7H,4-6,8-9H2,1-3H3,(H,14,19)(H2,15,17,18);1H. The van der Waals surface area contributed by atoms with Gasteiger partial charge < -0.3 is 16.0 Å². The van der Waals surface area contributed by atoms with Gasteiger partial charge in [0.2, 0.25) is 5.91 Å². The Labute approximate surface area is 147 Å². The van der Waals surface area contributed by atoms with Gasteiger partial charge in [-0.2, -0.15) is 0 Å². The maximum absolute atomic E-state index is 11.4. The van der Waals surface area contributed by atoms with E-state index in [-0.39, 0.29) is 36.4 Å². The third-order valence-corrected chi connectivity index (χ3v) is 3.60. The molecule has 0 aliphatic heterocycles. The molecule has 0 unspecified atom stereocenters. The molecule has 120 valence electrons. The van der Waals surface area contributed by atoms with E-state index in [1.165, 1.54) is 4.88 Å². The third-order valence-electron chi connectivity index (χ3n) is 2.46. The van der Waals surface area contributed by atoms with E-state index in [4.69, 9.17) is 0 Å². The molecule has 1 rings (SSSR count). The summed E-state index contributed by atoms with van der Waals surface area (Å²) in [5.74, 6) is 0.555. The second-order valence-electron chi connectivity index (χ2n) is 4.08. The van der Waals surface area contributed by atoms with Gasteiger partial charge in [0.05, 0.1) is 6.54 Å². The number of nitrogens with one attached hydrogen (secondary N) is 3. The molecule has 21 heavy (non-hydrogen) atoms. The summed E-state index contributed by atoms with van der Waals surface area (Å²) < 4.78 is 0. The summed E-state index contributed by atoms with van der Waals surface area (Å²) in [7, 11) is 0. The normalized spacial score (nSPS) is 10.7. The molecule has 0 spiro atoms. The van der Waals surface area contributed by atoms with Gasteiger partial charge in [-0.1, -0.05) is 6.92 Å². The highest BCUT2D eigenvalue weighted by atomic mass is 127. The van der Waals surface area contributed by atoms with Crippen molar-refractivity contribution in [3.05, 3.63) is 16.1 Å². The average Bonchev–Trinajstić information content (AvgIpc) is 2.90. The van der Waals surface area contributed by atoms with Crippen LogP contribution in [-0.4, -0.2) is 36.5 Å². The number of rotatable bonds is 7. The average molecular weight is 425 g/mol. The highest BCUT2D eigenvalue weighted by Crippen LogP contribution is 2.12. The Kier molecular flexibility index (Phi) is 11.2. The topological polar surface area (TPSA) is 78.4 Å². The summed E-state index contributed by atoms with van der Waals surface area (Å²) in [6.45, 7) is 8.10. The number of aliphatic imine (C=N–C) groups is 1. The number of aryl methyl sites for hydroxylation is 1. The van der Waals surface area contributed by atoms with E-state index in [0.29, 0.717) is 19.0 Å². The van der Waals surface area contributed by atoms with E-state index < -0.39 is 0 Å². The van der Waals surface area contributed by atoms with Gasteiger partial charge in [0, 0.05) is 24.2 Å². The van der Waals surface area contributed by atoms with Crippen LogP contribution in [0.4, 0.5) is 0 Å². The number of thiazole rings is 1. The molecule has 0 radical (unpaired) electrons. The number of amides is 1. The molecule has 1 aromatic heterocycles. The Bertz CT molecular complexity index is 450. The molecule has 0 aliphatic rings. The van der Waals surface area contributed by atoms with Crippen LogP contribution in [0, 0.1) is 0 Å². The van der Waals surface area contributed by atoms with Crippen LogP contribution >= 0.6 is 35.3 Å². The van der Waals surface area contributed by atoms with Crippen LogP contribution in [0.25, 0.3) is 0 Å². The predicted octanol–water partition coefficient (Wildman–Crippen LogP) is 1.51. The molecule has 1 heterocycles. The molecule has 0 bridgehead atoms. The molecule has 0 atom stereocenters. The first-order chi connectivity index (χ1) is 9.69. The van der Waals surface area contributed by atoms with E-state index in [0.717, 1.165) is 18.0 Å². The van der Waals surface area contributed by atoms with Crippen LogP contribution in [-0.2, 0) is 17.8 Å². The van der Waals surface area contributed by atoms with Gasteiger partial charge in [-0.3, -0.25) is 4.79 Å². The van der Waals surface area contributed by atoms with E-state index >= 15 is 0 Å². The Balaban J connectivity index is 0.00000400. The van der Waals surface area contributed by atoms with Crippen LogP contribution in [0.1, 0.15) is 30.7 Å². The zero-order chi connectivity index (χ0) is 14.8. The minimum atomic E-state index is -0.0766. The van der Waals surface area contributed by atoms with Crippen molar-refractivity contribution < 1.29 is 4.79 Å². The molecule has 1 amide bonds. The molecule has 0 aromatic carbocycles. The summed E-state index contributed by atoms with van der Waals surface area (Å²) >= 11 is 1.69. The second-order valence-corrected chi connectivity index (χ2v) is 5.28. The maximum atomic E-state index is 11.4. The van der Waals surface area contributed by atoms with Gasteiger partial charge in [-0.15, -0.1) is 35.3 Å². The molecule has 0 saturated heterocycles. The fraction of sp³-hybridized carbons (Fsp3) is 0.615. The molecule has 0 aliphatic carbocycles. The Morgan fingerprint density at radius 1 is 1.24 bits per heavy atom. The van der Waals surface area contributed by atoms with Crippen LogP contribution in [0.3, 0.4) is 0 Å². The van der Waals surface area contributed by atoms with Crippen molar-refractivity contribution in [2.24, 2.45) is 4.99 Å². The number of guanidine groups is 1. The Morgan fingerprint density at radius 2 is 1.95 bits per heavy atom. The molecule has 0 fully saturated rings. The van der Waals surface area contributed by atoms with Gasteiger partial charge in [0.25, 0.3) is 0 Å². The monoisotopic (exact) mass is 425 g/mol.